The van der Waals surface area contributed by atoms with E-state index in [9.17, 15) is 4.79 Å². The molecule has 0 spiro atoms. The average Bonchev–Trinajstić information content (AvgIpc) is 2.79. The Bertz CT molecular complexity index is 615. The van der Waals surface area contributed by atoms with Crippen molar-refractivity contribution in [3.05, 3.63) is 40.3 Å². The highest BCUT2D eigenvalue weighted by Crippen LogP contribution is 2.28. The second-order valence-corrected chi connectivity index (χ2v) is 5.75. The first-order valence-corrected chi connectivity index (χ1v) is 7.82. The molecule has 0 aliphatic carbocycles. The lowest BCUT2D eigenvalue weighted by molar-refractivity contribution is 0.0525. The summed E-state index contributed by atoms with van der Waals surface area (Å²) in [5, 5.41) is 5.00. The SMILES string of the molecule is CCOC(=O)c1cnn(C)c1CSc1ncccc1Br. The number of hydrogen-bond donors (Lipinski definition) is 0. The summed E-state index contributed by atoms with van der Waals surface area (Å²) in [5.41, 5.74) is 1.33. The highest BCUT2D eigenvalue weighted by molar-refractivity contribution is 9.10. The molecule has 0 fully saturated rings. The molecule has 5 nitrogen and oxygen atoms in total. The van der Waals surface area contributed by atoms with Gasteiger partial charge in [0.25, 0.3) is 0 Å². The first-order valence-electron chi connectivity index (χ1n) is 6.04. The zero-order valence-electron chi connectivity index (χ0n) is 11.2. The predicted octanol–water partition coefficient (Wildman–Crippen LogP) is 3.05. The smallest absolute Gasteiger partial charge is 0.341 e. The van der Waals surface area contributed by atoms with Gasteiger partial charge in [-0.1, -0.05) is 11.8 Å². The van der Waals surface area contributed by atoms with Crippen LogP contribution in [-0.2, 0) is 17.5 Å². The van der Waals surface area contributed by atoms with Gasteiger partial charge in [-0.25, -0.2) is 9.78 Å². The summed E-state index contributed by atoms with van der Waals surface area (Å²) in [6.45, 7) is 2.14. The number of aromatic nitrogens is 3. The van der Waals surface area contributed by atoms with E-state index in [0.717, 1.165) is 15.2 Å². The van der Waals surface area contributed by atoms with Crippen LogP contribution in [0.4, 0.5) is 0 Å². The molecule has 2 aromatic heterocycles. The summed E-state index contributed by atoms with van der Waals surface area (Å²) in [6, 6.07) is 3.80. The zero-order valence-corrected chi connectivity index (χ0v) is 13.6. The Morgan fingerprint density at radius 1 is 1.55 bits per heavy atom. The number of esters is 1. The van der Waals surface area contributed by atoms with Crippen molar-refractivity contribution in [2.45, 2.75) is 17.7 Å². The Hall–Kier alpha value is -1.34. The van der Waals surface area contributed by atoms with E-state index in [1.165, 1.54) is 0 Å². The highest BCUT2D eigenvalue weighted by Gasteiger charge is 2.17. The molecule has 0 unspecified atom stereocenters. The number of carbonyl (C=O) groups excluding carboxylic acids is 1. The van der Waals surface area contributed by atoms with Crippen LogP contribution < -0.4 is 0 Å². The molecule has 0 aromatic carbocycles. The van der Waals surface area contributed by atoms with Gasteiger partial charge in [0.05, 0.1) is 18.5 Å². The fourth-order valence-corrected chi connectivity index (χ4v) is 3.18. The van der Waals surface area contributed by atoms with Crippen LogP contribution in [0.3, 0.4) is 0 Å². The molecule has 0 aliphatic rings. The van der Waals surface area contributed by atoms with E-state index in [4.69, 9.17) is 4.74 Å². The maximum atomic E-state index is 11.8. The number of ether oxygens (including phenoxy) is 1. The number of thioether (sulfide) groups is 1. The van der Waals surface area contributed by atoms with Crippen LogP contribution in [0, 0.1) is 0 Å². The molecule has 2 rings (SSSR count). The minimum absolute atomic E-state index is 0.337. The normalized spacial score (nSPS) is 10.6. The van der Waals surface area contributed by atoms with Crippen LogP contribution in [0.15, 0.2) is 34.0 Å². The van der Waals surface area contributed by atoms with E-state index in [0.29, 0.717) is 17.9 Å². The lowest BCUT2D eigenvalue weighted by atomic mass is 10.3. The summed E-state index contributed by atoms with van der Waals surface area (Å²) in [4.78, 5) is 16.1. The van der Waals surface area contributed by atoms with Crippen molar-refractivity contribution in [2.24, 2.45) is 7.05 Å². The number of hydrogen-bond acceptors (Lipinski definition) is 5. The minimum atomic E-state index is -0.337. The molecule has 2 heterocycles. The lowest BCUT2D eigenvalue weighted by Gasteiger charge is -2.06. The fourth-order valence-electron chi connectivity index (χ4n) is 1.63. The molecule has 0 amide bonds. The molecule has 0 bridgehead atoms. The molecule has 0 saturated carbocycles. The summed E-state index contributed by atoms with van der Waals surface area (Å²) in [7, 11) is 1.81. The zero-order chi connectivity index (χ0) is 14.5. The van der Waals surface area contributed by atoms with Crippen LogP contribution >= 0.6 is 27.7 Å². The Kier molecular flexibility index (Phi) is 5.19. The summed E-state index contributed by atoms with van der Waals surface area (Å²) in [5.74, 6) is 0.261. The number of pyridine rings is 1. The van der Waals surface area contributed by atoms with Crippen molar-refractivity contribution in [2.75, 3.05) is 6.61 Å². The monoisotopic (exact) mass is 355 g/mol. The van der Waals surface area contributed by atoms with Gasteiger partial charge in [0.2, 0.25) is 0 Å². The molecule has 106 valence electrons. The Balaban J connectivity index is 2.15. The average molecular weight is 356 g/mol. The van der Waals surface area contributed by atoms with Gasteiger partial charge in [0.1, 0.15) is 10.6 Å². The largest absolute Gasteiger partial charge is 0.462 e. The molecular weight excluding hydrogens is 342 g/mol. The molecule has 0 atom stereocenters. The van der Waals surface area contributed by atoms with Crippen LogP contribution in [0.2, 0.25) is 0 Å². The van der Waals surface area contributed by atoms with Gasteiger partial charge in [-0.3, -0.25) is 4.68 Å². The van der Waals surface area contributed by atoms with Crippen molar-refractivity contribution in [1.82, 2.24) is 14.8 Å². The van der Waals surface area contributed by atoms with Crippen molar-refractivity contribution in [1.29, 1.82) is 0 Å². The van der Waals surface area contributed by atoms with Gasteiger partial charge in [-0.2, -0.15) is 5.10 Å². The maximum absolute atomic E-state index is 11.8. The Morgan fingerprint density at radius 3 is 3.05 bits per heavy atom. The Labute approximate surface area is 129 Å². The van der Waals surface area contributed by atoms with E-state index in [1.54, 1.807) is 35.8 Å². The minimum Gasteiger partial charge on any atom is -0.462 e. The van der Waals surface area contributed by atoms with E-state index < -0.39 is 0 Å². The third-order valence-corrected chi connectivity index (χ3v) is 4.55. The summed E-state index contributed by atoms with van der Waals surface area (Å²) < 4.78 is 7.66. The van der Waals surface area contributed by atoms with E-state index >= 15 is 0 Å². The number of nitrogens with zero attached hydrogens (tertiary/aromatic N) is 3. The number of rotatable bonds is 5. The van der Waals surface area contributed by atoms with Gasteiger partial charge in [-0.05, 0) is 35.0 Å². The van der Waals surface area contributed by atoms with Crippen LogP contribution in [0.1, 0.15) is 23.0 Å². The molecular formula is C13H14BrN3O2S. The van der Waals surface area contributed by atoms with E-state index in [2.05, 4.69) is 26.0 Å². The summed E-state index contributed by atoms with van der Waals surface area (Å²) in [6.07, 6.45) is 3.28. The fraction of sp³-hybridized carbons (Fsp3) is 0.308. The van der Waals surface area contributed by atoms with Gasteiger partial charge in [0, 0.05) is 23.5 Å². The van der Waals surface area contributed by atoms with Crippen molar-refractivity contribution >= 4 is 33.7 Å². The van der Waals surface area contributed by atoms with Gasteiger partial charge in [-0.15, -0.1) is 0 Å². The third-order valence-electron chi connectivity index (χ3n) is 2.63. The van der Waals surface area contributed by atoms with Gasteiger partial charge in [0.15, 0.2) is 0 Å². The first-order chi connectivity index (χ1) is 9.63. The summed E-state index contributed by atoms with van der Waals surface area (Å²) >= 11 is 5.00. The molecule has 20 heavy (non-hydrogen) atoms. The quantitative estimate of drug-likeness (QED) is 0.609. The first kappa shape index (κ1) is 15.1. The second kappa shape index (κ2) is 6.90. The van der Waals surface area contributed by atoms with Crippen molar-refractivity contribution < 1.29 is 9.53 Å². The highest BCUT2D eigenvalue weighted by atomic mass is 79.9. The van der Waals surface area contributed by atoms with Crippen molar-refractivity contribution in [3.63, 3.8) is 0 Å². The molecule has 0 saturated heterocycles. The van der Waals surface area contributed by atoms with Crippen LogP contribution in [0.5, 0.6) is 0 Å². The predicted molar refractivity (Wildman–Crippen MR) is 80.7 cm³/mol. The maximum Gasteiger partial charge on any atom is 0.341 e. The number of halogens is 1. The topological polar surface area (TPSA) is 57.0 Å². The van der Waals surface area contributed by atoms with Gasteiger partial charge < -0.3 is 4.74 Å². The number of carbonyl (C=O) groups is 1. The second-order valence-electron chi connectivity index (χ2n) is 3.93. The lowest BCUT2D eigenvalue weighted by Crippen LogP contribution is -2.08. The molecule has 0 radical (unpaired) electrons. The van der Waals surface area contributed by atoms with Crippen LogP contribution in [0.25, 0.3) is 0 Å². The van der Waals surface area contributed by atoms with E-state index in [-0.39, 0.29) is 5.97 Å². The van der Waals surface area contributed by atoms with E-state index in [1.807, 2.05) is 19.2 Å². The molecule has 0 N–H and O–H groups in total. The molecule has 0 aliphatic heterocycles. The van der Waals surface area contributed by atoms with Gasteiger partial charge >= 0.3 is 5.97 Å². The standard InChI is InChI=1S/C13H14BrN3O2S/c1-3-19-13(18)9-7-16-17(2)11(9)8-20-12-10(14)5-4-6-15-12/h4-7H,3,8H2,1-2H3. The van der Waals surface area contributed by atoms with Crippen molar-refractivity contribution in [3.8, 4) is 0 Å². The third kappa shape index (κ3) is 3.40. The molecule has 7 heteroatoms. The van der Waals surface area contributed by atoms with Crippen LogP contribution in [-0.4, -0.2) is 27.3 Å². The number of aryl methyl sites for hydroxylation is 1. The Morgan fingerprint density at radius 2 is 2.35 bits per heavy atom. The molecule has 2 aromatic rings.